The summed E-state index contributed by atoms with van der Waals surface area (Å²) in [5, 5.41) is 0. The van der Waals surface area contributed by atoms with Crippen LogP contribution in [0.5, 0.6) is 5.75 Å². The number of likely N-dealkylation sites (tertiary alicyclic amines) is 1. The van der Waals surface area contributed by atoms with E-state index in [-0.39, 0.29) is 17.1 Å². The first kappa shape index (κ1) is 20.1. The van der Waals surface area contributed by atoms with Crippen LogP contribution >= 0.6 is 0 Å². The van der Waals surface area contributed by atoms with Gasteiger partial charge in [-0.25, -0.2) is 12.7 Å². The molecule has 0 bridgehead atoms. The maximum Gasteiger partial charge on any atom is 0.226 e. The zero-order valence-corrected chi connectivity index (χ0v) is 17.1. The van der Waals surface area contributed by atoms with Crippen LogP contribution < -0.4 is 4.74 Å². The minimum atomic E-state index is -3.12. The maximum absolute atomic E-state index is 12.7. The van der Waals surface area contributed by atoms with Gasteiger partial charge in [-0.3, -0.25) is 4.79 Å². The molecule has 150 valence electrons. The highest BCUT2D eigenvalue weighted by Gasteiger charge is 2.44. The Kier molecular flexibility index (Phi) is 6.11. The second-order valence-corrected chi connectivity index (χ2v) is 9.90. The third-order valence-electron chi connectivity index (χ3n) is 5.93. The van der Waals surface area contributed by atoms with Crippen LogP contribution in [0.25, 0.3) is 0 Å². The molecule has 2 heterocycles. The SMILES string of the molecule is CCCS(=O)(=O)N1CCC2(CCN(C(=O)Cc3cccc(OC)c3)CC2)C1. The third-order valence-corrected chi connectivity index (χ3v) is 7.95. The monoisotopic (exact) mass is 394 g/mol. The summed E-state index contributed by atoms with van der Waals surface area (Å²) in [7, 11) is -1.50. The molecule has 0 unspecified atom stereocenters. The van der Waals surface area contributed by atoms with Crippen molar-refractivity contribution in [3.05, 3.63) is 29.8 Å². The number of ether oxygens (including phenoxy) is 1. The van der Waals surface area contributed by atoms with Crippen molar-refractivity contribution in [1.82, 2.24) is 9.21 Å². The Bertz CT molecular complexity index is 770. The first-order chi connectivity index (χ1) is 12.9. The molecule has 2 saturated heterocycles. The molecule has 27 heavy (non-hydrogen) atoms. The molecule has 0 saturated carbocycles. The van der Waals surface area contributed by atoms with Crippen molar-refractivity contribution in [3.63, 3.8) is 0 Å². The molecule has 2 aliphatic heterocycles. The molecule has 1 aromatic carbocycles. The number of piperidine rings is 1. The van der Waals surface area contributed by atoms with E-state index in [1.165, 1.54) is 0 Å². The van der Waals surface area contributed by atoms with Crippen LogP contribution in [-0.4, -0.2) is 62.6 Å². The summed E-state index contributed by atoms with van der Waals surface area (Å²) >= 11 is 0. The number of hydrogen-bond donors (Lipinski definition) is 0. The molecule has 1 spiro atoms. The van der Waals surface area contributed by atoms with E-state index >= 15 is 0 Å². The average molecular weight is 395 g/mol. The normalized spacial score (nSPS) is 20.1. The first-order valence-corrected chi connectivity index (χ1v) is 11.4. The molecule has 0 atom stereocenters. The van der Waals surface area contributed by atoms with Gasteiger partial charge in [0.2, 0.25) is 15.9 Å². The minimum absolute atomic E-state index is 0.0492. The summed E-state index contributed by atoms with van der Waals surface area (Å²) in [5.74, 6) is 1.12. The highest BCUT2D eigenvalue weighted by atomic mass is 32.2. The molecule has 0 N–H and O–H groups in total. The number of carbonyl (C=O) groups is 1. The van der Waals surface area contributed by atoms with Crippen LogP contribution in [0.3, 0.4) is 0 Å². The number of rotatable bonds is 6. The van der Waals surface area contributed by atoms with Crippen LogP contribution in [0.1, 0.15) is 38.2 Å². The standard InChI is InChI=1S/C20H30N2O4S/c1-3-13-27(24,25)22-12-9-20(16-22)7-10-21(11-8-20)19(23)15-17-5-4-6-18(14-17)26-2/h4-6,14H,3,7-13,15-16H2,1-2H3. The lowest BCUT2D eigenvalue weighted by Crippen LogP contribution is -2.45. The van der Waals surface area contributed by atoms with Crippen molar-refractivity contribution in [1.29, 1.82) is 0 Å². The second-order valence-electron chi connectivity index (χ2n) is 7.81. The number of nitrogens with zero attached hydrogens (tertiary/aromatic N) is 2. The molecule has 0 radical (unpaired) electrons. The molecule has 7 heteroatoms. The summed E-state index contributed by atoms with van der Waals surface area (Å²) < 4.78 is 31.6. The first-order valence-electron chi connectivity index (χ1n) is 9.76. The molecular weight excluding hydrogens is 364 g/mol. The van der Waals surface area contributed by atoms with E-state index in [0.29, 0.717) is 39.0 Å². The van der Waals surface area contributed by atoms with Crippen LogP contribution in [0.4, 0.5) is 0 Å². The van der Waals surface area contributed by atoms with Crippen LogP contribution in [0.15, 0.2) is 24.3 Å². The Balaban J connectivity index is 1.55. The van der Waals surface area contributed by atoms with Gasteiger partial charge in [0.05, 0.1) is 19.3 Å². The predicted molar refractivity (Wildman–Crippen MR) is 105 cm³/mol. The zero-order valence-electron chi connectivity index (χ0n) is 16.3. The van der Waals surface area contributed by atoms with Gasteiger partial charge in [0.15, 0.2) is 0 Å². The molecule has 2 fully saturated rings. The van der Waals surface area contributed by atoms with E-state index in [1.807, 2.05) is 36.1 Å². The number of carbonyl (C=O) groups excluding carboxylic acids is 1. The number of sulfonamides is 1. The van der Waals surface area contributed by atoms with Gasteiger partial charge in [-0.05, 0) is 48.8 Å². The molecule has 1 amide bonds. The van der Waals surface area contributed by atoms with Gasteiger partial charge in [-0.1, -0.05) is 19.1 Å². The second kappa shape index (κ2) is 8.19. The van der Waals surface area contributed by atoms with E-state index in [0.717, 1.165) is 30.6 Å². The van der Waals surface area contributed by atoms with Crippen LogP contribution in [0.2, 0.25) is 0 Å². The smallest absolute Gasteiger partial charge is 0.226 e. The van der Waals surface area contributed by atoms with Gasteiger partial charge < -0.3 is 9.64 Å². The Morgan fingerprint density at radius 1 is 1.19 bits per heavy atom. The largest absolute Gasteiger partial charge is 0.497 e. The van der Waals surface area contributed by atoms with Crippen molar-refractivity contribution in [3.8, 4) is 5.75 Å². The number of methoxy groups -OCH3 is 1. The Morgan fingerprint density at radius 2 is 1.89 bits per heavy atom. The lowest BCUT2D eigenvalue weighted by atomic mass is 9.78. The fourth-order valence-corrected chi connectivity index (χ4v) is 5.84. The summed E-state index contributed by atoms with van der Waals surface area (Å²) in [6, 6.07) is 7.61. The summed E-state index contributed by atoms with van der Waals surface area (Å²) in [5.41, 5.74) is 1.01. The zero-order chi connectivity index (χ0) is 19.5. The third kappa shape index (κ3) is 4.63. The quantitative estimate of drug-likeness (QED) is 0.742. The number of benzene rings is 1. The van der Waals surface area contributed by atoms with E-state index in [4.69, 9.17) is 4.74 Å². The summed E-state index contributed by atoms with van der Waals surface area (Å²) in [6.07, 6.45) is 3.71. The lowest BCUT2D eigenvalue weighted by Gasteiger charge is -2.39. The molecular formula is C20H30N2O4S. The lowest BCUT2D eigenvalue weighted by molar-refractivity contribution is -0.132. The number of hydrogen-bond acceptors (Lipinski definition) is 4. The molecule has 3 rings (SSSR count). The predicted octanol–water partition coefficient (Wildman–Crippen LogP) is 2.29. The van der Waals surface area contributed by atoms with E-state index < -0.39 is 10.0 Å². The van der Waals surface area contributed by atoms with Crippen LogP contribution in [0, 0.1) is 5.41 Å². The molecule has 6 nitrogen and oxygen atoms in total. The van der Waals surface area contributed by atoms with Gasteiger partial charge in [-0.2, -0.15) is 0 Å². The number of amides is 1. The summed E-state index contributed by atoms with van der Waals surface area (Å²) in [4.78, 5) is 14.6. The Hall–Kier alpha value is -1.60. The minimum Gasteiger partial charge on any atom is -0.497 e. The molecule has 0 aromatic heterocycles. The average Bonchev–Trinajstić information content (AvgIpc) is 3.07. The van der Waals surface area contributed by atoms with Crippen molar-refractivity contribution < 1.29 is 17.9 Å². The van der Waals surface area contributed by atoms with Crippen molar-refractivity contribution in [2.24, 2.45) is 5.41 Å². The van der Waals surface area contributed by atoms with E-state index in [2.05, 4.69) is 0 Å². The van der Waals surface area contributed by atoms with Gasteiger partial charge in [0.25, 0.3) is 0 Å². The van der Waals surface area contributed by atoms with Gasteiger partial charge in [0.1, 0.15) is 5.75 Å². The van der Waals surface area contributed by atoms with E-state index in [1.54, 1.807) is 11.4 Å². The van der Waals surface area contributed by atoms with Crippen molar-refractivity contribution in [2.75, 3.05) is 39.0 Å². The van der Waals surface area contributed by atoms with Crippen molar-refractivity contribution in [2.45, 2.75) is 39.0 Å². The summed E-state index contributed by atoms with van der Waals surface area (Å²) in [6.45, 7) is 4.57. The van der Waals surface area contributed by atoms with Gasteiger partial charge in [-0.15, -0.1) is 0 Å². The highest BCUT2D eigenvalue weighted by molar-refractivity contribution is 7.89. The topological polar surface area (TPSA) is 66.9 Å². The van der Waals surface area contributed by atoms with Gasteiger partial charge >= 0.3 is 0 Å². The molecule has 2 aliphatic rings. The molecule has 1 aromatic rings. The fraction of sp³-hybridized carbons (Fsp3) is 0.650. The van der Waals surface area contributed by atoms with Crippen molar-refractivity contribution >= 4 is 15.9 Å². The Labute approximate surface area is 162 Å². The van der Waals surface area contributed by atoms with Crippen LogP contribution in [-0.2, 0) is 21.2 Å². The van der Waals surface area contributed by atoms with E-state index in [9.17, 15) is 13.2 Å². The highest BCUT2D eigenvalue weighted by Crippen LogP contribution is 2.41. The van der Waals surface area contributed by atoms with Gasteiger partial charge in [0, 0.05) is 26.2 Å². The Morgan fingerprint density at radius 3 is 2.56 bits per heavy atom. The fourth-order valence-electron chi connectivity index (χ4n) is 4.23. The maximum atomic E-state index is 12.7. The molecule has 0 aliphatic carbocycles.